The van der Waals surface area contributed by atoms with Crippen LogP contribution < -0.4 is 4.74 Å². The van der Waals surface area contributed by atoms with Crippen LogP contribution in [0, 0.1) is 0 Å². The molecule has 0 aromatic heterocycles. The predicted octanol–water partition coefficient (Wildman–Crippen LogP) is 2.21. The summed E-state index contributed by atoms with van der Waals surface area (Å²) in [5.74, 6) is 1.01. The average molecular weight is 275 g/mol. The Morgan fingerprint density at radius 1 is 1.30 bits per heavy atom. The maximum atomic E-state index is 12.3. The van der Waals surface area contributed by atoms with Gasteiger partial charge in [-0.25, -0.2) is 0 Å². The number of hydrogen-bond donors (Lipinski definition) is 0. The number of nitrogens with zero attached hydrogens (tertiary/aromatic N) is 1. The summed E-state index contributed by atoms with van der Waals surface area (Å²) in [7, 11) is 1.63. The fourth-order valence-corrected chi connectivity index (χ4v) is 2.56. The molecule has 20 heavy (non-hydrogen) atoms. The minimum atomic E-state index is -0.642. The highest BCUT2D eigenvalue weighted by Crippen LogP contribution is 2.26. The molecular formula is C16H21NO3. The number of ketones is 1. The number of hydrogen-bond acceptors (Lipinski definition) is 3. The number of likely N-dealkylation sites (tertiary alicyclic amines) is 1. The zero-order valence-electron chi connectivity index (χ0n) is 12.3. The maximum absolute atomic E-state index is 12.3. The van der Waals surface area contributed by atoms with E-state index in [0.717, 1.165) is 11.3 Å². The van der Waals surface area contributed by atoms with Gasteiger partial charge in [0.2, 0.25) is 5.91 Å². The molecule has 4 heteroatoms. The van der Waals surface area contributed by atoms with Crippen molar-refractivity contribution in [2.24, 2.45) is 0 Å². The highest BCUT2D eigenvalue weighted by molar-refractivity contribution is 5.95. The SMILES string of the molecule is COc1ccc(CCC(=O)N2CCC(=O)C2(C)C)cc1. The zero-order valence-corrected chi connectivity index (χ0v) is 12.3. The van der Waals surface area contributed by atoms with Crippen molar-refractivity contribution in [1.82, 2.24) is 4.90 Å². The van der Waals surface area contributed by atoms with E-state index >= 15 is 0 Å². The minimum Gasteiger partial charge on any atom is -0.497 e. The van der Waals surface area contributed by atoms with E-state index in [1.54, 1.807) is 12.0 Å². The van der Waals surface area contributed by atoms with Crippen molar-refractivity contribution in [3.8, 4) is 5.75 Å². The van der Waals surface area contributed by atoms with Gasteiger partial charge in [0.05, 0.1) is 12.6 Å². The van der Waals surface area contributed by atoms with Gasteiger partial charge in [-0.05, 0) is 38.0 Å². The summed E-state index contributed by atoms with van der Waals surface area (Å²) in [6, 6.07) is 7.71. The normalized spacial score (nSPS) is 17.4. The van der Waals surface area contributed by atoms with Crippen LogP contribution in [0.2, 0.25) is 0 Å². The molecule has 1 amide bonds. The van der Waals surface area contributed by atoms with Crippen molar-refractivity contribution in [2.45, 2.75) is 38.6 Å². The van der Waals surface area contributed by atoms with E-state index < -0.39 is 5.54 Å². The van der Waals surface area contributed by atoms with Gasteiger partial charge in [-0.1, -0.05) is 12.1 Å². The number of amides is 1. The van der Waals surface area contributed by atoms with Crippen molar-refractivity contribution in [3.05, 3.63) is 29.8 Å². The quantitative estimate of drug-likeness (QED) is 0.846. The first-order chi connectivity index (χ1) is 9.45. The van der Waals surface area contributed by atoms with Crippen LogP contribution in [0.4, 0.5) is 0 Å². The molecule has 1 aromatic rings. The largest absolute Gasteiger partial charge is 0.497 e. The minimum absolute atomic E-state index is 0.0525. The summed E-state index contributed by atoms with van der Waals surface area (Å²) < 4.78 is 5.10. The molecule has 0 bridgehead atoms. The Morgan fingerprint density at radius 2 is 1.95 bits per heavy atom. The number of aryl methyl sites for hydroxylation is 1. The van der Waals surface area contributed by atoms with Crippen molar-refractivity contribution < 1.29 is 14.3 Å². The highest BCUT2D eigenvalue weighted by atomic mass is 16.5. The Labute approximate surface area is 119 Å². The standard InChI is InChI=1S/C16H21NO3/c1-16(2)14(18)10-11-17(16)15(19)9-6-12-4-7-13(20-3)8-5-12/h4-5,7-8H,6,9-11H2,1-3H3. The Hall–Kier alpha value is -1.84. The van der Waals surface area contributed by atoms with E-state index in [-0.39, 0.29) is 11.7 Å². The lowest BCUT2D eigenvalue weighted by Gasteiger charge is -2.30. The van der Waals surface area contributed by atoms with Gasteiger partial charge in [0.25, 0.3) is 0 Å². The van der Waals surface area contributed by atoms with Crippen LogP contribution in [0.3, 0.4) is 0 Å². The van der Waals surface area contributed by atoms with Gasteiger partial charge in [-0.15, -0.1) is 0 Å². The summed E-state index contributed by atoms with van der Waals surface area (Å²) >= 11 is 0. The monoisotopic (exact) mass is 275 g/mol. The first kappa shape index (κ1) is 14.6. The second kappa shape index (κ2) is 5.65. The number of carbonyl (C=O) groups is 2. The number of methoxy groups -OCH3 is 1. The average Bonchev–Trinajstić information content (AvgIpc) is 2.71. The molecule has 0 aliphatic carbocycles. The molecule has 0 unspecified atom stereocenters. The second-order valence-corrected chi connectivity index (χ2v) is 5.63. The van der Waals surface area contributed by atoms with Gasteiger partial charge in [0.1, 0.15) is 5.75 Å². The van der Waals surface area contributed by atoms with E-state index in [2.05, 4.69) is 0 Å². The molecule has 108 valence electrons. The third-order valence-electron chi connectivity index (χ3n) is 4.01. The van der Waals surface area contributed by atoms with Crippen molar-refractivity contribution in [1.29, 1.82) is 0 Å². The predicted molar refractivity (Wildman–Crippen MR) is 76.7 cm³/mol. The molecule has 1 heterocycles. The van der Waals surface area contributed by atoms with Crippen molar-refractivity contribution in [2.75, 3.05) is 13.7 Å². The smallest absolute Gasteiger partial charge is 0.223 e. The fraction of sp³-hybridized carbons (Fsp3) is 0.500. The number of benzene rings is 1. The second-order valence-electron chi connectivity index (χ2n) is 5.63. The van der Waals surface area contributed by atoms with Crippen molar-refractivity contribution in [3.63, 3.8) is 0 Å². The number of carbonyl (C=O) groups excluding carboxylic acids is 2. The molecule has 1 aromatic carbocycles. The molecule has 4 nitrogen and oxygen atoms in total. The van der Waals surface area contributed by atoms with E-state index in [1.807, 2.05) is 38.1 Å². The van der Waals surface area contributed by atoms with Crippen molar-refractivity contribution >= 4 is 11.7 Å². The molecule has 0 saturated carbocycles. The van der Waals surface area contributed by atoms with Crippen LogP contribution in [0.1, 0.15) is 32.3 Å². The van der Waals surface area contributed by atoms with Gasteiger partial charge in [-0.2, -0.15) is 0 Å². The lowest BCUT2D eigenvalue weighted by molar-refractivity contribution is -0.138. The molecule has 1 saturated heterocycles. The fourth-order valence-electron chi connectivity index (χ4n) is 2.56. The first-order valence-electron chi connectivity index (χ1n) is 6.92. The van der Waals surface area contributed by atoms with Gasteiger partial charge < -0.3 is 9.64 Å². The van der Waals surface area contributed by atoms with Gasteiger partial charge >= 0.3 is 0 Å². The first-order valence-corrected chi connectivity index (χ1v) is 6.92. The maximum Gasteiger partial charge on any atom is 0.223 e. The third-order valence-corrected chi connectivity index (χ3v) is 4.01. The Morgan fingerprint density at radius 3 is 2.45 bits per heavy atom. The number of rotatable bonds is 4. The molecule has 1 aliphatic rings. The summed E-state index contributed by atoms with van der Waals surface area (Å²) in [6.07, 6.45) is 1.59. The molecule has 0 radical (unpaired) electrons. The number of Topliss-reactive ketones (excluding diaryl/α,β-unsaturated/α-hetero) is 1. The van der Waals surface area contributed by atoms with Gasteiger partial charge in [0, 0.05) is 19.4 Å². The van der Waals surface area contributed by atoms with E-state index in [0.29, 0.717) is 25.8 Å². The molecule has 2 rings (SSSR count). The third kappa shape index (κ3) is 2.84. The number of ether oxygens (including phenoxy) is 1. The molecule has 0 spiro atoms. The van der Waals surface area contributed by atoms with E-state index in [9.17, 15) is 9.59 Å². The zero-order chi connectivity index (χ0) is 14.8. The van der Waals surface area contributed by atoms with Crippen LogP contribution in [0.15, 0.2) is 24.3 Å². The molecular weight excluding hydrogens is 254 g/mol. The van der Waals surface area contributed by atoms with Crippen LogP contribution in [0.5, 0.6) is 5.75 Å². The van der Waals surface area contributed by atoms with Crippen LogP contribution in [0.25, 0.3) is 0 Å². The van der Waals surface area contributed by atoms with Crippen LogP contribution >= 0.6 is 0 Å². The molecule has 1 aliphatic heterocycles. The lowest BCUT2D eigenvalue weighted by Crippen LogP contribution is -2.46. The van der Waals surface area contributed by atoms with E-state index in [4.69, 9.17) is 4.74 Å². The Kier molecular flexibility index (Phi) is 4.12. The van der Waals surface area contributed by atoms with Crippen LogP contribution in [-0.2, 0) is 16.0 Å². The lowest BCUT2D eigenvalue weighted by atomic mass is 10.00. The molecule has 0 N–H and O–H groups in total. The summed E-state index contributed by atoms with van der Waals surface area (Å²) in [5.41, 5.74) is 0.458. The summed E-state index contributed by atoms with van der Waals surface area (Å²) in [5, 5.41) is 0. The van der Waals surface area contributed by atoms with Crippen LogP contribution in [-0.4, -0.2) is 35.8 Å². The highest BCUT2D eigenvalue weighted by Gasteiger charge is 2.42. The van der Waals surface area contributed by atoms with E-state index in [1.165, 1.54) is 0 Å². The Balaban J connectivity index is 1.93. The molecule has 0 atom stereocenters. The van der Waals surface area contributed by atoms with Gasteiger partial charge in [0.15, 0.2) is 5.78 Å². The Bertz CT molecular complexity index is 505. The summed E-state index contributed by atoms with van der Waals surface area (Å²) in [6.45, 7) is 4.20. The molecule has 1 fully saturated rings. The topological polar surface area (TPSA) is 46.6 Å². The summed E-state index contributed by atoms with van der Waals surface area (Å²) in [4.78, 5) is 25.7. The van der Waals surface area contributed by atoms with Gasteiger partial charge in [-0.3, -0.25) is 9.59 Å².